The first-order valence-electron chi connectivity index (χ1n) is 7.67. The van der Waals surface area contributed by atoms with Crippen LogP contribution in [0, 0.1) is 6.92 Å². The molecule has 0 aliphatic heterocycles. The molecule has 3 rings (SSSR count). The molecule has 1 heterocycles. The van der Waals surface area contributed by atoms with Crippen molar-refractivity contribution in [3.63, 3.8) is 0 Å². The Morgan fingerprint density at radius 3 is 2.29 bits per heavy atom. The van der Waals surface area contributed by atoms with Crippen molar-refractivity contribution in [3.8, 4) is 0 Å². The molecule has 0 saturated heterocycles. The Kier molecular flexibility index (Phi) is 4.67. The number of aromatic amines is 2. The molecule has 0 saturated carbocycles. The molecule has 5 heteroatoms. The molecule has 4 nitrogen and oxygen atoms in total. The number of rotatable bonds is 5. The van der Waals surface area contributed by atoms with E-state index in [-0.39, 0.29) is 23.7 Å². The normalized spacial score (nSPS) is 12.1. The highest BCUT2D eigenvalue weighted by Gasteiger charge is 2.24. The molecular formula is C19H17ClN2O2. The first-order chi connectivity index (χ1) is 11.6. The third-order valence-electron chi connectivity index (χ3n) is 4.12. The van der Waals surface area contributed by atoms with Gasteiger partial charge in [-0.1, -0.05) is 54.1 Å². The van der Waals surface area contributed by atoms with E-state index in [1.165, 1.54) is 0 Å². The van der Waals surface area contributed by atoms with E-state index in [4.69, 9.17) is 11.6 Å². The van der Waals surface area contributed by atoms with Gasteiger partial charge in [-0.15, -0.1) is 0 Å². The molecular weight excluding hydrogens is 324 g/mol. The molecule has 0 aliphatic rings. The van der Waals surface area contributed by atoms with Crippen LogP contribution in [-0.4, -0.2) is 16.0 Å². The maximum atomic E-state index is 12.7. The summed E-state index contributed by atoms with van der Waals surface area (Å²) in [5.41, 5.74) is 2.65. The number of hydrogen-bond donors (Lipinski definition) is 2. The lowest BCUT2D eigenvalue weighted by molar-refractivity contribution is 0.0977. The average molecular weight is 341 g/mol. The molecule has 2 N–H and O–H groups in total. The number of halogens is 1. The highest BCUT2D eigenvalue weighted by molar-refractivity contribution is 6.30. The lowest BCUT2D eigenvalue weighted by atomic mass is 9.86. The van der Waals surface area contributed by atoms with Crippen molar-refractivity contribution in [1.29, 1.82) is 0 Å². The van der Waals surface area contributed by atoms with Crippen LogP contribution in [0.25, 0.3) is 0 Å². The number of aromatic nitrogens is 2. The Morgan fingerprint density at radius 2 is 1.71 bits per heavy atom. The van der Waals surface area contributed by atoms with Crippen molar-refractivity contribution in [2.45, 2.75) is 19.3 Å². The summed E-state index contributed by atoms with van der Waals surface area (Å²) in [6, 6.07) is 16.4. The number of carbonyl (C=O) groups excluding carboxylic acids is 1. The molecule has 1 unspecified atom stereocenters. The second-order valence-electron chi connectivity index (χ2n) is 5.72. The standard InChI is InChI=1S/C19H17ClN2O2/c1-12-18(19(24)22-21-12)16(13-7-9-15(20)10-8-13)11-17(23)14-5-3-2-4-6-14/h2-10,16H,11H2,1H3,(H2,21,22,24). The largest absolute Gasteiger partial charge is 0.302 e. The van der Waals surface area contributed by atoms with Gasteiger partial charge in [0.25, 0.3) is 5.56 Å². The minimum absolute atomic E-state index is 0.00412. The van der Waals surface area contributed by atoms with Gasteiger partial charge in [0.1, 0.15) is 0 Å². The van der Waals surface area contributed by atoms with E-state index in [9.17, 15) is 9.59 Å². The van der Waals surface area contributed by atoms with Gasteiger partial charge in [0.2, 0.25) is 0 Å². The number of hydrogen-bond acceptors (Lipinski definition) is 2. The molecule has 1 atom stereocenters. The van der Waals surface area contributed by atoms with Gasteiger partial charge in [-0.05, 0) is 24.6 Å². The van der Waals surface area contributed by atoms with E-state index in [0.29, 0.717) is 16.1 Å². The first kappa shape index (κ1) is 16.3. The predicted molar refractivity (Wildman–Crippen MR) is 94.8 cm³/mol. The van der Waals surface area contributed by atoms with Gasteiger partial charge in [0, 0.05) is 34.2 Å². The predicted octanol–water partition coefficient (Wildman–Crippen LogP) is 4.07. The molecule has 122 valence electrons. The molecule has 0 fully saturated rings. The summed E-state index contributed by atoms with van der Waals surface area (Å²) < 4.78 is 0. The molecule has 0 bridgehead atoms. The molecule has 0 radical (unpaired) electrons. The summed E-state index contributed by atoms with van der Waals surface area (Å²) in [6.45, 7) is 1.82. The first-order valence-corrected chi connectivity index (χ1v) is 8.05. The summed E-state index contributed by atoms with van der Waals surface area (Å²) in [5.74, 6) is -0.333. The van der Waals surface area contributed by atoms with Crippen LogP contribution in [0.2, 0.25) is 5.02 Å². The average Bonchev–Trinajstić information content (AvgIpc) is 2.93. The van der Waals surface area contributed by atoms with Crippen LogP contribution in [0.5, 0.6) is 0 Å². The molecule has 0 aliphatic carbocycles. The maximum Gasteiger partial charge on any atom is 0.267 e. The third-order valence-corrected chi connectivity index (χ3v) is 4.37. The SMILES string of the molecule is Cc1[nH][nH]c(=O)c1C(CC(=O)c1ccccc1)c1ccc(Cl)cc1. The topological polar surface area (TPSA) is 65.7 Å². The highest BCUT2D eigenvalue weighted by Crippen LogP contribution is 2.29. The van der Waals surface area contributed by atoms with Crippen molar-refractivity contribution < 1.29 is 4.79 Å². The Balaban J connectivity index is 2.01. The van der Waals surface area contributed by atoms with Crippen LogP contribution in [-0.2, 0) is 0 Å². The third kappa shape index (κ3) is 3.34. The number of H-pyrrole nitrogens is 2. The minimum Gasteiger partial charge on any atom is -0.302 e. The Morgan fingerprint density at radius 1 is 1.04 bits per heavy atom. The van der Waals surface area contributed by atoms with Crippen molar-refractivity contribution in [3.05, 3.63) is 92.4 Å². The number of benzene rings is 2. The lowest BCUT2D eigenvalue weighted by Gasteiger charge is -2.16. The quantitative estimate of drug-likeness (QED) is 0.687. The van der Waals surface area contributed by atoms with Gasteiger partial charge in [0.05, 0.1) is 0 Å². The zero-order valence-corrected chi connectivity index (χ0v) is 13.9. The molecule has 24 heavy (non-hydrogen) atoms. The smallest absolute Gasteiger partial charge is 0.267 e. The Labute approximate surface area is 144 Å². The highest BCUT2D eigenvalue weighted by atomic mass is 35.5. The van der Waals surface area contributed by atoms with Crippen LogP contribution >= 0.6 is 11.6 Å². The molecule has 3 aromatic rings. The Bertz CT molecular complexity index is 895. The van der Waals surface area contributed by atoms with E-state index in [2.05, 4.69) is 10.2 Å². The van der Waals surface area contributed by atoms with E-state index < -0.39 is 0 Å². The summed E-state index contributed by atoms with van der Waals surface area (Å²) in [6.07, 6.45) is 0.216. The van der Waals surface area contributed by atoms with Gasteiger partial charge >= 0.3 is 0 Å². The Hall–Kier alpha value is -2.59. The number of ketones is 1. The van der Waals surface area contributed by atoms with Crippen LogP contribution in [0.4, 0.5) is 0 Å². The van der Waals surface area contributed by atoms with Crippen LogP contribution in [0.3, 0.4) is 0 Å². The van der Waals surface area contributed by atoms with Gasteiger partial charge in [-0.25, -0.2) is 0 Å². The van der Waals surface area contributed by atoms with Crippen LogP contribution < -0.4 is 5.56 Å². The van der Waals surface area contributed by atoms with Crippen LogP contribution in [0.15, 0.2) is 59.4 Å². The summed E-state index contributed by atoms with van der Waals surface area (Å²) in [5, 5.41) is 6.05. The zero-order chi connectivity index (χ0) is 17.1. The van der Waals surface area contributed by atoms with Gasteiger partial charge in [0.15, 0.2) is 5.78 Å². The lowest BCUT2D eigenvalue weighted by Crippen LogP contribution is -2.16. The summed E-state index contributed by atoms with van der Waals surface area (Å²) in [7, 11) is 0. The summed E-state index contributed by atoms with van der Waals surface area (Å²) >= 11 is 5.96. The van der Waals surface area contributed by atoms with Crippen molar-refractivity contribution in [2.24, 2.45) is 0 Å². The van der Waals surface area contributed by atoms with E-state index in [1.807, 2.05) is 37.3 Å². The van der Waals surface area contributed by atoms with Gasteiger partial charge < -0.3 is 5.10 Å². The number of Topliss-reactive ketones (excluding diaryl/α,β-unsaturated/α-hetero) is 1. The van der Waals surface area contributed by atoms with Gasteiger partial charge in [-0.3, -0.25) is 14.7 Å². The minimum atomic E-state index is -0.329. The van der Waals surface area contributed by atoms with E-state index in [1.54, 1.807) is 24.3 Å². The molecule has 0 amide bonds. The summed E-state index contributed by atoms with van der Waals surface area (Å²) in [4.78, 5) is 24.9. The zero-order valence-electron chi connectivity index (χ0n) is 13.2. The maximum absolute atomic E-state index is 12.7. The number of aryl methyl sites for hydroxylation is 1. The monoisotopic (exact) mass is 340 g/mol. The number of carbonyl (C=O) groups is 1. The number of nitrogens with one attached hydrogen (secondary N) is 2. The molecule has 0 spiro atoms. The fourth-order valence-corrected chi connectivity index (χ4v) is 3.01. The second kappa shape index (κ2) is 6.89. The van der Waals surface area contributed by atoms with Crippen molar-refractivity contribution in [2.75, 3.05) is 0 Å². The van der Waals surface area contributed by atoms with E-state index in [0.717, 1.165) is 11.3 Å². The van der Waals surface area contributed by atoms with E-state index >= 15 is 0 Å². The fraction of sp³-hybridized carbons (Fsp3) is 0.158. The van der Waals surface area contributed by atoms with Gasteiger partial charge in [-0.2, -0.15) is 0 Å². The van der Waals surface area contributed by atoms with Crippen LogP contribution in [0.1, 0.15) is 39.5 Å². The molecule has 1 aromatic heterocycles. The molecule has 2 aromatic carbocycles. The van der Waals surface area contributed by atoms with Crippen molar-refractivity contribution in [1.82, 2.24) is 10.2 Å². The fourth-order valence-electron chi connectivity index (χ4n) is 2.88. The second-order valence-corrected chi connectivity index (χ2v) is 6.15. The van der Waals surface area contributed by atoms with Crippen molar-refractivity contribution >= 4 is 17.4 Å².